The molecule has 116 valence electrons. The molecule has 2 rings (SSSR count). The summed E-state index contributed by atoms with van der Waals surface area (Å²) in [5, 5.41) is 0. The van der Waals surface area contributed by atoms with E-state index in [2.05, 4.69) is 37.7 Å². The fraction of sp³-hybridized carbons (Fsp3) is 0.938. The van der Waals surface area contributed by atoms with Crippen molar-refractivity contribution in [2.75, 3.05) is 33.7 Å². The summed E-state index contributed by atoms with van der Waals surface area (Å²) in [6.07, 6.45) is 2.47. The molecule has 4 nitrogen and oxygen atoms in total. The van der Waals surface area contributed by atoms with Crippen LogP contribution >= 0.6 is 0 Å². The molecule has 0 aromatic heterocycles. The van der Waals surface area contributed by atoms with Gasteiger partial charge in [0.15, 0.2) is 5.78 Å². The number of rotatable bonds is 3. The van der Waals surface area contributed by atoms with Crippen LogP contribution in [-0.2, 0) is 9.53 Å². The quantitative estimate of drug-likeness (QED) is 0.790. The maximum atomic E-state index is 12.6. The number of ketones is 1. The number of Topliss-reactive ketones (excluding diaryl/α,β-unsaturated/α-hetero) is 1. The summed E-state index contributed by atoms with van der Waals surface area (Å²) in [5.74, 6) is 0.243. The van der Waals surface area contributed by atoms with E-state index in [-0.39, 0.29) is 17.3 Å². The summed E-state index contributed by atoms with van der Waals surface area (Å²) in [6, 6.07) is 0.609. The molecule has 2 aliphatic rings. The van der Waals surface area contributed by atoms with Gasteiger partial charge in [-0.2, -0.15) is 0 Å². The molecule has 0 N–H and O–H groups in total. The minimum atomic E-state index is -0.634. The number of nitrogens with zero attached hydrogens (tertiary/aromatic N) is 2. The number of likely N-dealkylation sites (N-methyl/N-ethyl adjacent to an activating group) is 1. The van der Waals surface area contributed by atoms with Crippen LogP contribution in [-0.4, -0.2) is 66.6 Å². The van der Waals surface area contributed by atoms with Crippen molar-refractivity contribution in [3.05, 3.63) is 0 Å². The average Bonchev–Trinajstić information content (AvgIpc) is 2.48. The van der Waals surface area contributed by atoms with Crippen molar-refractivity contribution in [2.45, 2.75) is 57.8 Å². The molecule has 2 heterocycles. The van der Waals surface area contributed by atoms with Crippen LogP contribution in [0.5, 0.6) is 0 Å². The van der Waals surface area contributed by atoms with E-state index < -0.39 is 5.60 Å². The first-order valence-corrected chi connectivity index (χ1v) is 7.77. The summed E-state index contributed by atoms with van der Waals surface area (Å²) in [5.41, 5.74) is -0.990. The van der Waals surface area contributed by atoms with Gasteiger partial charge in [-0.15, -0.1) is 0 Å². The zero-order valence-electron chi connectivity index (χ0n) is 13.9. The van der Waals surface area contributed by atoms with Gasteiger partial charge in [0.1, 0.15) is 5.60 Å². The Bertz CT molecular complexity index is 377. The third kappa shape index (κ3) is 3.07. The highest BCUT2D eigenvalue weighted by Gasteiger charge is 2.53. The Hall–Kier alpha value is -0.450. The summed E-state index contributed by atoms with van der Waals surface area (Å²) >= 11 is 0. The van der Waals surface area contributed by atoms with E-state index in [1.807, 2.05) is 13.8 Å². The maximum Gasteiger partial charge on any atom is 0.171 e. The fourth-order valence-electron chi connectivity index (χ4n) is 3.69. The molecule has 0 radical (unpaired) electrons. The molecule has 2 unspecified atom stereocenters. The van der Waals surface area contributed by atoms with Crippen LogP contribution < -0.4 is 0 Å². The molecule has 0 amide bonds. The van der Waals surface area contributed by atoms with Gasteiger partial charge in [-0.1, -0.05) is 0 Å². The third-order valence-electron chi connectivity index (χ3n) is 4.92. The predicted octanol–water partition coefficient (Wildman–Crippen LogP) is 1.79. The zero-order chi connectivity index (χ0) is 15.1. The van der Waals surface area contributed by atoms with E-state index >= 15 is 0 Å². The van der Waals surface area contributed by atoms with Gasteiger partial charge in [0.2, 0.25) is 0 Å². The van der Waals surface area contributed by atoms with Crippen LogP contribution in [0.1, 0.15) is 40.5 Å². The lowest BCUT2D eigenvalue weighted by Crippen LogP contribution is -2.49. The Morgan fingerprint density at radius 3 is 2.45 bits per heavy atom. The van der Waals surface area contributed by atoms with Crippen LogP contribution in [0.3, 0.4) is 0 Å². The van der Waals surface area contributed by atoms with Crippen molar-refractivity contribution >= 4 is 5.78 Å². The lowest BCUT2D eigenvalue weighted by Gasteiger charge is -2.38. The Balaban J connectivity index is 2.04. The second-order valence-corrected chi connectivity index (χ2v) is 7.65. The largest absolute Gasteiger partial charge is 0.361 e. The minimum Gasteiger partial charge on any atom is -0.361 e. The van der Waals surface area contributed by atoms with Gasteiger partial charge in [-0.3, -0.25) is 4.79 Å². The monoisotopic (exact) mass is 282 g/mol. The smallest absolute Gasteiger partial charge is 0.171 e. The molecule has 0 aromatic carbocycles. The number of ether oxygens (including phenoxy) is 1. The topological polar surface area (TPSA) is 32.8 Å². The fourth-order valence-corrected chi connectivity index (χ4v) is 3.69. The highest BCUT2D eigenvalue weighted by Crippen LogP contribution is 2.39. The normalized spacial score (nSPS) is 33.9. The van der Waals surface area contributed by atoms with Crippen molar-refractivity contribution in [3.63, 3.8) is 0 Å². The zero-order valence-corrected chi connectivity index (χ0v) is 13.9. The van der Waals surface area contributed by atoms with Gasteiger partial charge < -0.3 is 14.5 Å². The number of hydrogen-bond donors (Lipinski definition) is 0. The summed E-state index contributed by atoms with van der Waals surface area (Å²) < 4.78 is 5.99. The second-order valence-electron chi connectivity index (χ2n) is 7.65. The lowest BCUT2D eigenvalue weighted by molar-refractivity contribution is -0.132. The maximum absolute atomic E-state index is 12.6. The van der Waals surface area contributed by atoms with Crippen molar-refractivity contribution < 1.29 is 9.53 Å². The van der Waals surface area contributed by atoms with E-state index in [0.717, 1.165) is 19.6 Å². The van der Waals surface area contributed by atoms with Gasteiger partial charge in [-0.05, 0) is 61.2 Å². The standard InChI is InChI=1S/C16H30N2O2/c1-15(2)13(14(19)16(3,4)20-15)11-18-9-7-8-12(10-18)17(5)6/h12-13H,7-11H2,1-6H3. The molecule has 0 aliphatic carbocycles. The first-order chi connectivity index (χ1) is 9.13. The molecule has 2 fully saturated rings. The highest BCUT2D eigenvalue weighted by atomic mass is 16.5. The first kappa shape index (κ1) is 15.9. The van der Waals surface area contributed by atoms with E-state index in [4.69, 9.17) is 4.74 Å². The van der Waals surface area contributed by atoms with Crippen LogP contribution in [0.2, 0.25) is 0 Å². The van der Waals surface area contributed by atoms with Crippen LogP contribution in [0.15, 0.2) is 0 Å². The number of carbonyl (C=O) groups is 1. The molecule has 20 heavy (non-hydrogen) atoms. The van der Waals surface area contributed by atoms with Crippen molar-refractivity contribution in [2.24, 2.45) is 5.92 Å². The predicted molar refractivity (Wildman–Crippen MR) is 80.9 cm³/mol. The van der Waals surface area contributed by atoms with Crippen LogP contribution in [0.25, 0.3) is 0 Å². The molecule has 0 saturated carbocycles. The molecule has 0 aromatic rings. The van der Waals surface area contributed by atoms with Crippen molar-refractivity contribution in [3.8, 4) is 0 Å². The number of piperidine rings is 1. The van der Waals surface area contributed by atoms with E-state index in [0.29, 0.717) is 6.04 Å². The third-order valence-corrected chi connectivity index (χ3v) is 4.92. The van der Waals surface area contributed by atoms with Gasteiger partial charge in [0, 0.05) is 19.1 Å². The van der Waals surface area contributed by atoms with Crippen molar-refractivity contribution in [1.82, 2.24) is 9.80 Å². The molecular weight excluding hydrogens is 252 g/mol. The molecule has 0 bridgehead atoms. The molecule has 2 saturated heterocycles. The van der Waals surface area contributed by atoms with Gasteiger partial charge in [0.25, 0.3) is 0 Å². The molecular formula is C16H30N2O2. The van der Waals surface area contributed by atoms with Gasteiger partial charge in [-0.25, -0.2) is 0 Å². The number of carbonyl (C=O) groups excluding carboxylic acids is 1. The van der Waals surface area contributed by atoms with Crippen LogP contribution in [0, 0.1) is 5.92 Å². The van der Waals surface area contributed by atoms with Gasteiger partial charge in [0.05, 0.1) is 11.5 Å². The van der Waals surface area contributed by atoms with Crippen LogP contribution in [0.4, 0.5) is 0 Å². The average molecular weight is 282 g/mol. The molecule has 2 atom stereocenters. The molecule has 2 aliphatic heterocycles. The Morgan fingerprint density at radius 2 is 1.95 bits per heavy atom. The van der Waals surface area contributed by atoms with E-state index in [1.165, 1.54) is 12.8 Å². The second kappa shape index (κ2) is 5.39. The summed E-state index contributed by atoms with van der Waals surface area (Å²) in [6.45, 7) is 10.9. The first-order valence-electron chi connectivity index (χ1n) is 7.77. The van der Waals surface area contributed by atoms with Crippen molar-refractivity contribution in [1.29, 1.82) is 0 Å². The Morgan fingerprint density at radius 1 is 1.30 bits per heavy atom. The highest BCUT2D eigenvalue weighted by molar-refractivity contribution is 5.91. The summed E-state index contributed by atoms with van der Waals surface area (Å²) in [4.78, 5) is 17.3. The number of likely N-dealkylation sites (tertiary alicyclic amines) is 1. The lowest BCUT2D eigenvalue weighted by atomic mass is 9.85. The Labute approximate surface area is 123 Å². The minimum absolute atomic E-state index is 0.0154. The molecule has 0 spiro atoms. The Kier molecular flexibility index (Phi) is 4.30. The van der Waals surface area contributed by atoms with E-state index in [1.54, 1.807) is 0 Å². The van der Waals surface area contributed by atoms with Gasteiger partial charge >= 0.3 is 0 Å². The SMILES string of the molecule is CN(C)C1CCCN(CC2C(=O)C(C)(C)OC2(C)C)C1. The van der Waals surface area contributed by atoms with E-state index in [9.17, 15) is 4.79 Å². The molecule has 4 heteroatoms. The summed E-state index contributed by atoms with van der Waals surface area (Å²) in [7, 11) is 4.29. The number of hydrogen-bond acceptors (Lipinski definition) is 4.